The van der Waals surface area contributed by atoms with Crippen LogP contribution in [0.2, 0.25) is 5.02 Å². The zero-order valence-electron chi connectivity index (χ0n) is 14.6. The van der Waals surface area contributed by atoms with Crippen molar-refractivity contribution >= 4 is 27.5 Å². The Labute approximate surface area is 163 Å². The van der Waals surface area contributed by atoms with E-state index in [0.29, 0.717) is 31.0 Å². The summed E-state index contributed by atoms with van der Waals surface area (Å²) in [5.41, 5.74) is 0.756. The number of hydrogen-bond donors (Lipinski definition) is 1. The van der Waals surface area contributed by atoms with E-state index in [-0.39, 0.29) is 29.1 Å². The first kappa shape index (κ1) is 19.8. The van der Waals surface area contributed by atoms with Crippen LogP contribution in [-0.4, -0.2) is 38.4 Å². The van der Waals surface area contributed by atoms with E-state index >= 15 is 0 Å². The number of carbonyl (C=O) groups excluding carboxylic acids is 1. The number of halogens is 2. The predicted molar refractivity (Wildman–Crippen MR) is 101 cm³/mol. The van der Waals surface area contributed by atoms with Crippen LogP contribution < -0.4 is 4.72 Å². The Morgan fingerprint density at radius 2 is 1.67 bits per heavy atom. The Morgan fingerprint density at radius 3 is 2.26 bits per heavy atom. The van der Waals surface area contributed by atoms with E-state index in [2.05, 4.69) is 4.72 Å². The summed E-state index contributed by atoms with van der Waals surface area (Å²) in [5.74, 6) is -0.374. The lowest BCUT2D eigenvalue weighted by Gasteiger charge is -2.32. The predicted octanol–water partition coefficient (Wildman–Crippen LogP) is 2.99. The molecular formula is C19H20ClFN2O3S. The van der Waals surface area contributed by atoms with Gasteiger partial charge in [0.25, 0.3) is 0 Å². The van der Waals surface area contributed by atoms with Crippen molar-refractivity contribution < 1.29 is 17.6 Å². The average Bonchev–Trinajstić information content (AvgIpc) is 2.64. The van der Waals surface area contributed by atoms with Gasteiger partial charge >= 0.3 is 0 Å². The molecule has 27 heavy (non-hydrogen) atoms. The molecule has 5 nitrogen and oxygen atoms in total. The lowest BCUT2D eigenvalue weighted by atomic mass is 10.0. The Morgan fingerprint density at radius 1 is 1.07 bits per heavy atom. The van der Waals surface area contributed by atoms with E-state index in [1.54, 1.807) is 17.0 Å². The summed E-state index contributed by atoms with van der Waals surface area (Å²) in [4.78, 5) is 14.3. The summed E-state index contributed by atoms with van der Waals surface area (Å²) in [6, 6.07) is 11.6. The van der Waals surface area contributed by atoms with Gasteiger partial charge in [-0.25, -0.2) is 17.5 Å². The fraction of sp³-hybridized carbons (Fsp3) is 0.316. The molecule has 144 valence electrons. The molecule has 2 aromatic carbocycles. The van der Waals surface area contributed by atoms with Crippen molar-refractivity contribution in [3.05, 3.63) is 64.9 Å². The second kappa shape index (κ2) is 8.37. The first-order valence-electron chi connectivity index (χ1n) is 8.63. The van der Waals surface area contributed by atoms with E-state index in [0.717, 1.165) is 5.56 Å². The highest BCUT2D eigenvalue weighted by atomic mass is 35.5. The quantitative estimate of drug-likeness (QED) is 0.824. The zero-order chi connectivity index (χ0) is 19.4. The number of piperidine rings is 1. The number of hydrogen-bond acceptors (Lipinski definition) is 3. The molecule has 0 atom stereocenters. The minimum atomic E-state index is -3.61. The number of nitrogens with one attached hydrogen (secondary N) is 1. The van der Waals surface area contributed by atoms with Crippen LogP contribution in [0.1, 0.15) is 18.4 Å². The minimum absolute atomic E-state index is 0.0411. The van der Waals surface area contributed by atoms with Gasteiger partial charge in [-0.2, -0.15) is 0 Å². The number of sulfonamides is 1. The van der Waals surface area contributed by atoms with Gasteiger partial charge in [0.1, 0.15) is 5.82 Å². The highest BCUT2D eigenvalue weighted by Crippen LogP contribution is 2.18. The van der Waals surface area contributed by atoms with Crippen molar-refractivity contribution in [3.8, 4) is 0 Å². The van der Waals surface area contributed by atoms with Gasteiger partial charge in [0.05, 0.1) is 11.3 Å². The second-order valence-electron chi connectivity index (χ2n) is 6.53. The maximum absolute atomic E-state index is 12.9. The van der Waals surface area contributed by atoms with Crippen LogP contribution in [0.25, 0.3) is 0 Å². The molecule has 1 saturated heterocycles. The van der Waals surface area contributed by atoms with Crippen LogP contribution in [0.15, 0.2) is 53.4 Å². The third kappa shape index (κ3) is 5.28. The van der Waals surface area contributed by atoms with Crippen molar-refractivity contribution in [2.45, 2.75) is 30.2 Å². The molecule has 1 fully saturated rings. The first-order valence-corrected chi connectivity index (χ1v) is 10.5. The van der Waals surface area contributed by atoms with E-state index in [4.69, 9.17) is 11.6 Å². The summed E-state index contributed by atoms with van der Waals surface area (Å²) in [5, 5.41) is 0.474. The minimum Gasteiger partial charge on any atom is -0.342 e. The van der Waals surface area contributed by atoms with E-state index < -0.39 is 10.0 Å². The number of likely N-dealkylation sites (tertiary alicyclic amines) is 1. The average molecular weight is 411 g/mol. The van der Waals surface area contributed by atoms with Gasteiger partial charge < -0.3 is 4.90 Å². The highest BCUT2D eigenvalue weighted by molar-refractivity contribution is 7.89. The van der Waals surface area contributed by atoms with Gasteiger partial charge in [0.15, 0.2) is 0 Å². The van der Waals surface area contributed by atoms with Crippen molar-refractivity contribution in [1.29, 1.82) is 0 Å². The van der Waals surface area contributed by atoms with Crippen molar-refractivity contribution in [1.82, 2.24) is 9.62 Å². The molecule has 8 heteroatoms. The number of amides is 1. The lowest BCUT2D eigenvalue weighted by Crippen LogP contribution is -2.46. The molecular weight excluding hydrogens is 391 g/mol. The second-order valence-corrected chi connectivity index (χ2v) is 8.68. The van der Waals surface area contributed by atoms with E-state index in [9.17, 15) is 17.6 Å². The first-order chi connectivity index (χ1) is 12.8. The van der Waals surface area contributed by atoms with Crippen molar-refractivity contribution in [3.63, 3.8) is 0 Å². The largest absolute Gasteiger partial charge is 0.342 e. The Balaban J connectivity index is 1.53. The zero-order valence-corrected chi connectivity index (χ0v) is 16.1. The topological polar surface area (TPSA) is 66.5 Å². The molecule has 0 saturated carbocycles. The van der Waals surface area contributed by atoms with Gasteiger partial charge in [-0.3, -0.25) is 4.79 Å². The molecule has 0 aliphatic carbocycles. The summed E-state index contributed by atoms with van der Waals surface area (Å²) in [6.07, 6.45) is 1.30. The van der Waals surface area contributed by atoms with Gasteiger partial charge in [-0.15, -0.1) is 0 Å². The lowest BCUT2D eigenvalue weighted by molar-refractivity contribution is -0.131. The number of carbonyl (C=O) groups is 1. The van der Waals surface area contributed by atoms with Gasteiger partial charge in [0, 0.05) is 24.2 Å². The molecule has 2 aromatic rings. The Hall–Kier alpha value is -1.96. The normalized spacial score (nSPS) is 15.7. The van der Waals surface area contributed by atoms with Crippen LogP contribution in [0.3, 0.4) is 0 Å². The monoisotopic (exact) mass is 410 g/mol. The van der Waals surface area contributed by atoms with Crippen LogP contribution >= 0.6 is 11.6 Å². The summed E-state index contributed by atoms with van der Waals surface area (Å²) < 4.78 is 40.5. The third-order valence-corrected chi connectivity index (χ3v) is 6.35. The van der Waals surface area contributed by atoms with Gasteiger partial charge in [-0.05, 0) is 54.8 Å². The van der Waals surface area contributed by atoms with E-state index in [1.165, 1.54) is 36.4 Å². The highest BCUT2D eigenvalue weighted by Gasteiger charge is 2.26. The maximum Gasteiger partial charge on any atom is 0.240 e. The SMILES string of the molecule is O=C(Cc1ccc(F)cc1)N1CCC(NS(=O)(=O)c2ccc(Cl)cc2)CC1. The molecule has 0 aromatic heterocycles. The fourth-order valence-electron chi connectivity index (χ4n) is 3.04. The number of nitrogens with zero attached hydrogens (tertiary/aromatic N) is 1. The molecule has 1 aliphatic rings. The Kier molecular flexibility index (Phi) is 6.14. The summed E-state index contributed by atoms with van der Waals surface area (Å²) in [7, 11) is -3.61. The molecule has 0 radical (unpaired) electrons. The van der Waals surface area contributed by atoms with Crippen LogP contribution in [0.5, 0.6) is 0 Å². The van der Waals surface area contributed by atoms with Crippen molar-refractivity contribution in [2.75, 3.05) is 13.1 Å². The van der Waals surface area contributed by atoms with Crippen molar-refractivity contribution in [2.24, 2.45) is 0 Å². The molecule has 1 amide bonds. The van der Waals surface area contributed by atoms with Crippen LogP contribution in [0.4, 0.5) is 4.39 Å². The molecule has 1 aliphatic heterocycles. The molecule has 3 rings (SSSR count). The van der Waals surface area contributed by atoms with Crippen LogP contribution in [-0.2, 0) is 21.2 Å². The fourth-order valence-corrected chi connectivity index (χ4v) is 4.47. The smallest absolute Gasteiger partial charge is 0.240 e. The van der Waals surface area contributed by atoms with Gasteiger partial charge in [-0.1, -0.05) is 23.7 Å². The maximum atomic E-state index is 12.9. The van der Waals surface area contributed by atoms with E-state index in [1.807, 2.05) is 0 Å². The summed E-state index contributed by atoms with van der Waals surface area (Å²) in [6.45, 7) is 0.960. The third-order valence-electron chi connectivity index (χ3n) is 4.56. The summed E-state index contributed by atoms with van der Waals surface area (Å²) >= 11 is 5.79. The molecule has 1 heterocycles. The molecule has 0 unspecified atom stereocenters. The van der Waals surface area contributed by atoms with Gasteiger partial charge in [0.2, 0.25) is 15.9 Å². The molecule has 0 bridgehead atoms. The standard InChI is InChI=1S/C19H20ClFN2O3S/c20-15-3-7-18(8-4-15)27(25,26)22-17-9-11-23(12-10-17)19(24)13-14-1-5-16(21)6-2-14/h1-8,17,22H,9-13H2. The number of rotatable bonds is 5. The molecule has 0 spiro atoms. The van der Waals surface area contributed by atoms with Crippen LogP contribution in [0, 0.1) is 5.82 Å². The Bertz CT molecular complexity index is 894. The number of benzene rings is 2. The molecule has 1 N–H and O–H groups in total.